The highest BCUT2D eigenvalue weighted by atomic mass is 35.5. The van der Waals surface area contributed by atoms with Gasteiger partial charge in [0.25, 0.3) is 0 Å². The van der Waals surface area contributed by atoms with Crippen LogP contribution in [0, 0.1) is 5.41 Å². The first kappa shape index (κ1) is 19.2. The molecule has 1 amide bonds. The minimum atomic E-state index is -0.923. The Kier molecular flexibility index (Phi) is 6.82. The summed E-state index contributed by atoms with van der Waals surface area (Å²) < 4.78 is 10.2. The van der Waals surface area contributed by atoms with Crippen LogP contribution < -0.4 is 5.32 Å². The van der Waals surface area contributed by atoms with Crippen molar-refractivity contribution >= 4 is 28.9 Å². The number of halogens is 1. The second-order valence-electron chi connectivity index (χ2n) is 6.34. The van der Waals surface area contributed by atoms with Crippen LogP contribution in [0.1, 0.15) is 38.2 Å². The Bertz CT molecular complexity index is 621. The first-order valence-corrected chi connectivity index (χ1v) is 8.63. The molecule has 2 unspecified atom stereocenters. The summed E-state index contributed by atoms with van der Waals surface area (Å²) in [7, 11) is 0. The van der Waals surface area contributed by atoms with Gasteiger partial charge in [-0.05, 0) is 31.7 Å². The van der Waals surface area contributed by atoms with Crippen molar-refractivity contribution in [3.63, 3.8) is 0 Å². The van der Waals surface area contributed by atoms with Crippen LogP contribution in [0.25, 0.3) is 0 Å². The molecule has 1 saturated carbocycles. The molecule has 0 heterocycles. The summed E-state index contributed by atoms with van der Waals surface area (Å²) >= 11 is 5.30. The van der Waals surface area contributed by atoms with E-state index in [0.29, 0.717) is 12.8 Å². The molecule has 1 aromatic rings. The predicted molar refractivity (Wildman–Crippen MR) is 91.9 cm³/mol. The Morgan fingerprint density at radius 2 is 1.96 bits per heavy atom. The van der Waals surface area contributed by atoms with Gasteiger partial charge < -0.3 is 14.8 Å². The summed E-state index contributed by atoms with van der Waals surface area (Å²) in [6.45, 7) is 1.64. The minimum absolute atomic E-state index is 0.152. The smallest absolute Gasteiger partial charge is 0.404 e. The highest BCUT2D eigenvalue weighted by molar-refractivity contribution is 6.61. The van der Waals surface area contributed by atoms with Gasteiger partial charge in [0.1, 0.15) is 19.3 Å². The standard InChI is InChI=1S/C18H22ClNO5/c1-18(10-6-5-9-14(18)25-17(19)23)16(22)20-11-15(21)24-12-13-7-3-2-4-8-13/h2-4,7-8,14H,5-6,9-12H2,1H3,(H,20,22). The van der Waals surface area contributed by atoms with Crippen LogP contribution in [0.5, 0.6) is 0 Å². The quantitative estimate of drug-likeness (QED) is 0.617. The number of rotatable bonds is 6. The molecule has 0 aliphatic heterocycles. The molecule has 1 aromatic carbocycles. The molecule has 1 fully saturated rings. The van der Waals surface area contributed by atoms with E-state index >= 15 is 0 Å². The molecule has 6 nitrogen and oxygen atoms in total. The number of hydrogen-bond donors (Lipinski definition) is 1. The van der Waals surface area contributed by atoms with Crippen LogP contribution in [0.15, 0.2) is 30.3 Å². The fourth-order valence-corrected chi connectivity index (χ4v) is 3.11. The lowest BCUT2D eigenvalue weighted by molar-refractivity contribution is -0.148. The monoisotopic (exact) mass is 367 g/mol. The van der Waals surface area contributed by atoms with Crippen molar-refractivity contribution < 1.29 is 23.9 Å². The second kappa shape index (κ2) is 8.85. The maximum atomic E-state index is 12.5. The number of amides is 1. The fourth-order valence-electron chi connectivity index (χ4n) is 3.01. The largest absolute Gasteiger partial charge is 0.460 e. The van der Waals surface area contributed by atoms with E-state index in [1.165, 1.54) is 0 Å². The Labute approximate surface area is 151 Å². The molecule has 0 aromatic heterocycles. The molecule has 0 bridgehead atoms. The van der Waals surface area contributed by atoms with Crippen molar-refractivity contribution in [2.45, 2.75) is 45.3 Å². The topological polar surface area (TPSA) is 81.7 Å². The van der Waals surface area contributed by atoms with Crippen LogP contribution in [0.3, 0.4) is 0 Å². The average molecular weight is 368 g/mol. The molecule has 0 saturated heterocycles. The minimum Gasteiger partial charge on any atom is -0.460 e. The van der Waals surface area contributed by atoms with Gasteiger partial charge in [-0.1, -0.05) is 36.8 Å². The van der Waals surface area contributed by atoms with E-state index in [9.17, 15) is 14.4 Å². The first-order chi connectivity index (χ1) is 11.9. The summed E-state index contributed by atoms with van der Waals surface area (Å²) in [5.41, 5.74) is -0.952. The molecule has 0 spiro atoms. The zero-order valence-corrected chi connectivity index (χ0v) is 14.9. The SMILES string of the molecule is CC1(C(=O)NCC(=O)OCc2ccccc2)CCCCC1OC(=O)Cl. The first-order valence-electron chi connectivity index (χ1n) is 8.26. The molecule has 0 radical (unpaired) electrons. The van der Waals surface area contributed by atoms with Gasteiger partial charge in [-0.3, -0.25) is 9.59 Å². The maximum Gasteiger partial charge on any atom is 0.404 e. The third-order valence-electron chi connectivity index (χ3n) is 4.51. The third kappa shape index (κ3) is 5.46. The van der Waals surface area contributed by atoms with E-state index in [-0.39, 0.29) is 19.1 Å². The van der Waals surface area contributed by atoms with Crippen LogP contribution in [0.2, 0.25) is 0 Å². The molecule has 2 rings (SSSR count). The van der Waals surface area contributed by atoms with Gasteiger partial charge >= 0.3 is 11.4 Å². The van der Waals surface area contributed by atoms with Crippen molar-refractivity contribution in [1.29, 1.82) is 0 Å². The Hall–Kier alpha value is -2.08. The van der Waals surface area contributed by atoms with Gasteiger partial charge in [0, 0.05) is 11.6 Å². The van der Waals surface area contributed by atoms with Gasteiger partial charge in [-0.15, -0.1) is 0 Å². The molecule has 136 valence electrons. The number of esters is 1. The molecule has 1 aliphatic rings. The van der Waals surface area contributed by atoms with E-state index in [0.717, 1.165) is 18.4 Å². The van der Waals surface area contributed by atoms with E-state index in [1.54, 1.807) is 6.92 Å². The lowest BCUT2D eigenvalue weighted by Crippen LogP contribution is -2.50. The number of carbonyl (C=O) groups excluding carboxylic acids is 3. The lowest BCUT2D eigenvalue weighted by atomic mass is 9.72. The molecule has 1 aliphatic carbocycles. The van der Waals surface area contributed by atoms with Crippen molar-refractivity contribution in [3.8, 4) is 0 Å². The summed E-state index contributed by atoms with van der Waals surface area (Å²) in [5, 5.41) is 2.58. The van der Waals surface area contributed by atoms with Crippen molar-refractivity contribution in [3.05, 3.63) is 35.9 Å². The number of hydrogen-bond acceptors (Lipinski definition) is 5. The highest BCUT2D eigenvalue weighted by Crippen LogP contribution is 2.38. The van der Waals surface area contributed by atoms with Gasteiger partial charge in [0.15, 0.2) is 0 Å². The zero-order chi connectivity index (χ0) is 18.3. The van der Waals surface area contributed by atoms with Crippen LogP contribution in [-0.4, -0.2) is 30.0 Å². The Morgan fingerprint density at radius 1 is 1.24 bits per heavy atom. The average Bonchev–Trinajstić information content (AvgIpc) is 2.60. The Balaban J connectivity index is 1.84. The summed E-state index contributed by atoms with van der Waals surface area (Å²) in [5.74, 6) is -0.866. The van der Waals surface area contributed by atoms with Crippen molar-refractivity contribution in [2.75, 3.05) is 6.54 Å². The fraction of sp³-hybridized carbons (Fsp3) is 0.500. The Morgan fingerprint density at radius 3 is 2.64 bits per heavy atom. The summed E-state index contributed by atoms with van der Waals surface area (Å²) in [6.07, 6.45) is 2.25. The predicted octanol–water partition coefficient (Wildman–Crippen LogP) is 3.17. The maximum absolute atomic E-state index is 12.5. The van der Waals surface area contributed by atoms with E-state index in [1.807, 2.05) is 30.3 Å². The summed E-state index contributed by atoms with van der Waals surface area (Å²) in [4.78, 5) is 35.4. The van der Waals surface area contributed by atoms with Gasteiger partial charge in [-0.25, -0.2) is 4.79 Å². The van der Waals surface area contributed by atoms with Gasteiger partial charge in [0.2, 0.25) is 5.91 Å². The van der Waals surface area contributed by atoms with E-state index in [2.05, 4.69) is 5.32 Å². The second-order valence-corrected chi connectivity index (χ2v) is 6.64. The lowest BCUT2D eigenvalue weighted by Gasteiger charge is -2.38. The summed E-state index contributed by atoms with van der Waals surface area (Å²) in [6, 6.07) is 9.28. The molecular weight excluding hydrogens is 346 g/mol. The normalized spacial score (nSPS) is 22.7. The molecule has 2 atom stereocenters. The third-order valence-corrected chi connectivity index (χ3v) is 4.60. The van der Waals surface area contributed by atoms with Crippen LogP contribution >= 0.6 is 11.6 Å². The van der Waals surface area contributed by atoms with E-state index in [4.69, 9.17) is 21.1 Å². The molecule has 1 N–H and O–H groups in total. The number of carbonyl (C=O) groups is 3. The molecule has 7 heteroatoms. The molecular formula is C18H22ClNO5. The number of benzene rings is 1. The van der Waals surface area contributed by atoms with Gasteiger partial charge in [-0.2, -0.15) is 0 Å². The molecule has 25 heavy (non-hydrogen) atoms. The number of ether oxygens (including phenoxy) is 2. The van der Waals surface area contributed by atoms with Gasteiger partial charge in [0.05, 0.1) is 5.41 Å². The van der Waals surface area contributed by atoms with Crippen molar-refractivity contribution in [1.82, 2.24) is 5.32 Å². The zero-order valence-electron chi connectivity index (χ0n) is 14.1. The van der Waals surface area contributed by atoms with Crippen LogP contribution in [0.4, 0.5) is 4.79 Å². The highest BCUT2D eigenvalue weighted by Gasteiger charge is 2.45. The van der Waals surface area contributed by atoms with Crippen LogP contribution in [-0.2, 0) is 25.7 Å². The van der Waals surface area contributed by atoms with E-state index < -0.39 is 22.9 Å². The van der Waals surface area contributed by atoms with Crippen molar-refractivity contribution in [2.24, 2.45) is 5.41 Å². The number of nitrogens with one attached hydrogen (secondary N) is 1.